The molecule has 0 fully saturated rings. The van der Waals surface area contributed by atoms with Crippen LogP contribution < -0.4 is 11.1 Å². The standard InChI is InChI=1S/C25H20N6O3/c1-14-5-4-6-16(11-14)28-25(34)21-22-24(30-18-8-3-2-7-17(18)29-22)31(23(21)26)27-13-15-9-10-19(32)20(33)12-15/h2-13,32-33H,26H2,1H3,(H,28,34)/b27-13-. The summed E-state index contributed by atoms with van der Waals surface area (Å²) in [6, 6.07) is 19.0. The number of hydrogen-bond donors (Lipinski definition) is 4. The van der Waals surface area contributed by atoms with E-state index in [1.807, 2.05) is 43.3 Å². The van der Waals surface area contributed by atoms with Crippen molar-refractivity contribution in [3.05, 3.63) is 83.4 Å². The van der Waals surface area contributed by atoms with Crippen LogP contribution in [0.4, 0.5) is 11.5 Å². The normalized spacial score (nSPS) is 11.4. The van der Waals surface area contributed by atoms with Crippen molar-refractivity contribution in [3.8, 4) is 11.5 Å². The molecule has 0 bridgehead atoms. The number of nitrogens with two attached hydrogens (primary N) is 1. The molecule has 9 nitrogen and oxygen atoms in total. The number of aromatic nitrogens is 3. The van der Waals surface area contributed by atoms with Gasteiger partial charge in [0.1, 0.15) is 16.9 Å². The van der Waals surface area contributed by atoms with Gasteiger partial charge in [0.2, 0.25) is 0 Å². The van der Waals surface area contributed by atoms with E-state index < -0.39 is 5.91 Å². The van der Waals surface area contributed by atoms with Crippen LogP contribution in [0.3, 0.4) is 0 Å². The number of carbonyl (C=O) groups is 1. The van der Waals surface area contributed by atoms with Crippen molar-refractivity contribution in [2.45, 2.75) is 6.92 Å². The molecule has 0 unspecified atom stereocenters. The van der Waals surface area contributed by atoms with Gasteiger partial charge < -0.3 is 21.3 Å². The number of amides is 1. The first-order chi connectivity index (χ1) is 16.4. The van der Waals surface area contributed by atoms with Crippen molar-refractivity contribution in [2.75, 3.05) is 11.1 Å². The van der Waals surface area contributed by atoms with Gasteiger partial charge in [-0.1, -0.05) is 24.3 Å². The molecule has 2 aromatic heterocycles. The lowest BCUT2D eigenvalue weighted by molar-refractivity contribution is 0.102. The minimum absolute atomic E-state index is 0.0645. The smallest absolute Gasteiger partial charge is 0.261 e. The number of fused-ring (bicyclic) bond motifs is 2. The number of carbonyl (C=O) groups excluding carboxylic acids is 1. The second-order valence-electron chi connectivity index (χ2n) is 7.77. The van der Waals surface area contributed by atoms with Gasteiger partial charge in [0, 0.05) is 5.69 Å². The predicted octanol–water partition coefficient (Wildman–Crippen LogP) is 4.02. The molecule has 0 saturated heterocycles. The van der Waals surface area contributed by atoms with Crippen molar-refractivity contribution in [3.63, 3.8) is 0 Å². The zero-order valence-corrected chi connectivity index (χ0v) is 18.1. The average molecular weight is 452 g/mol. The molecule has 5 rings (SSSR count). The highest BCUT2D eigenvalue weighted by molar-refractivity contribution is 6.16. The van der Waals surface area contributed by atoms with E-state index in [0.29, 0.717) is 33.4 Å². The number of phenols is 2. The van der Waals surface area contributed by atoms with E-state index in [1.165, 1.54) is 23.0 Å². The fourth-order valence-electron chi connectivity index (χ4n) is 3.65. The Hall–Kier alpha value is -4.92. The maximum Gasteiger partial charge on any atom is 0.261 e. The lowest BCUT2D eigenvalue weighted by Gasteiger charge is -2.06. The average Bonchev–Trinajstić information content (AvgIpc) is 3.08. The van der Waals surface area contributed by atoms with Crippen LogP contribution >= 0.6 is 0 Å². The Morgan fingerprint density at radius 3 is 2.50 bits per heavy atom. The van der Waals surface area contributed by atoms with Gasteiger partial charge in [-0.2, -0.15) is 9.78 Å². The third-order valence-corrected chi connectivity index (χ3v) is 5.30. The van der Waals surface area contributed by atoms with Crippen molar-refractivity contribution in [1.29, 1.82) is 0 Å². The molecule has 9 heteroatoms. The zero-order valence-electron chi connectivity index (χ0n) is 18.1. The van der Waals surface area contributed by atoms with E-state index in [4.69, 9.17) is 5.73 Å². The van der Waals surface area contributed by atoms with Crippen molar-refractivity contribution < 1.29 is 15.0 Å². The van der Waals surface area contributed by atoms with E-state index in [-0.39, 0.29) is 22.9 Å². The molecular weight excluding hydrogens is 432 g/mol. The number of nitrogen functional groups attached to an aromatic ring is 1. The number of anilines is 2. The molecule has 2 heterocycles. The summed E-state index contributed by atoms with van der Waals surface area (Å²) in [5.74, 6) is -0.891. The number of benzene rings is 3. The largest absolute Gasteiger partial charge is 0.504 e. The van der Waals surface area contributed by atoms with Crippen LogP contribution in [-0.4, -0.2) is 37.0 Å². The zero-order chi connectivity index (χ0) is 23.8. The predicted molar refractivity (Wildman–Crippen MR) is 131 cm³/mol. The molecule has 34 heavy (non-hydrogen) atoms. The third kappa shape index (κ3) is 3.75. The van der Waals surface area contributed by atoms with Crippen LogP contribution in [0.2, 0.25) is 0 Å². The SMILES string of the molecule is Cc1cccc(NC(=O)c2c(N)n(/N=C\c3ccc(O)c(O)c3)c3nc4ccccc4nc23)c1. The quantitative estimate of drug-likeness (QED) is 0.240. The van der Waals surface area contributed by atoms with Gasteiger partial charge in [0.15, 0.2) is 17.1 Å². The minimum Gasteiger partial charge on any atom is -0.504 e. The van der Waals surface area contributed by atoms with E-state index in [0.717, 1.165) is 5.56 Å². The Kier molecular flexibility index (Phi) is 5.06. The number of aryl methyl sites for hydroxylation is 1. The fourth-order valence-corrected chi connectivity index (χ4v) is 3.65. The lowest BCUT2D eigenvalue weighted by atomic mass is 10.2. The molecule has 168 valence electrons. The van der Waals surface area contributed by atoms with Crippen LogP contribution in [-0.2, 0) is 0 Å². The minimum atomic E-state index is -0.436. The van der Waals surface area contributed by atoms with Gasteiger partial charge in [-0.15, -0.1) is 0 Å². The highest BCUT2D eigenvalue weighted by atomic mass is 16.3. The highest BCUT2D eigenvalue weighted by Crippen LogP contribution is 2.29. The fraction of sp³-hybridized carbons (Fsp3) is 0.0400. The summed E-state index contributed by atoms with van der Waals surface area (Å²) >= 11 is 0. The number of hydrogen-bond acceptors (Lipinski definition) is 7. The molecule has 0 radical (unpaired) electrons. The summed E-state index contributed by atoms with van der Waals surface area (Å²) in [7, 11) is 0. The van der Waals surface area contributed by atoms with Gasteiger partial charge >= 0.3 is 0 Å². The molecule has 5 aromatic rings. The molecule has 3 aromatic carbocycles. The Labute approximate surface area is 193 Å². The van der Waals surface area contributed by atoms with Crippen LogP contribution in [0.1, 0.15) is 21.5 Å². The van der Waals surface area contributed by atoms with Crippen molar-refractivity contribution in [1.82, 2.24) is 14.6 Å². The number of aromatic hydroxyl groups is 2. The third-order valence-electron chi connectivity index (χ3n) is 5.30. The summed E-state index contributed by atoms with van der Waals surface area (Å²) in [6.45, 7) is 1.93. The van der Waals surface area contributed by atoms with Gasteiger partial charge in [-0.3, -0.25) is 4.79 Å². The summed E-state index contributed by atoms with van der Waals surface area (Å²) in [6.07, 6.45) is 1.44. The maximum absolute atomic E-state index is 13.3. The van der Waals surface area contributed by atoms with Crippen LogP contribution in [0.25, 0.3) is 22.2 Å². The number of rotatable bonds is 4. The Balaban J connectivity index is 1.66. The Bertz CT molecular complexity index is 1610. The number of nitrogens with one attached hydrogen (secondary N) is 1. The van der Waals surface area contributed by atoms with Gasteiger partial charge in [-0.05, 0) is 60.5 Å². The molecule has 0 aliphatic carbocycles. The molecule has 5 N–H and O–H groups in total. The Morgan fingerprint density at radius 1 is 1.00 bits per heavy atom. The van der Waals surface area contributed by atoms with Gasteiger partial charge in [-0.25, -0.2) is 9.97 Å². The van der Waals surface area contributed by atoms with Crippen molar-refractivity contribution >= 4 is 45.8 Å². The number of nitrogens with zero attached hydrogens (tertiary/aromatic N) is 4. The maximum atomic E-state index is 13.3. The summed E-state index contributed by atoms with van der Waals surface area (Å²) in [5.41, 5.74) is 10.6. The second-order valence-corrected chi connectivity index (χ2v) is 7.77. The van der Waals surface area contributed by atoms with Crippen LogP contribution in [0.15, 0.2) is 71.8 Å². The van der Waals surface area contributed by atoms with E-state index in [1.54, 1.807) is 18.2 Å². The topological polar surface area (TPSA) is 139 Å². The van der Waals surface area contributed by atoms with Crippen LogP contribution in [0, 0.1) is 6.92 Å². The molecule has 0 aliphatic heterocycles. The Morgan fingerprint density at radius 2 is 1.76 bits per heavy atom. The van der Waals surface area contributed by atoms with Gasteiger partial charge in [0.25, 0.3) is 5.91 Å². The van der Waals surface area contributed by atoms with E-state index in [9.17, 15) is 15.0 Å². The molecule has 1 amide bonds. The highest BCUT2D eigenvalue weighted by Gasteiger charge is 2.24. The van der Waals surface area contributed by atoms with Gasteiger partial charge in [0.05, 0.1) is 17.2 Å². The first-order valence-corrected chi connectivity index (χ1v) is 10.4. The monoisotopic (exact) mass is 452 g/mol. The first-order valence-electron chi connectivity index (χ1n) is 10.4. The van der Waals surface area contributed by atoms with Crippen LogP contribution in [0.5, 0.6) is 11.5 Å². The number of phenolic OH excluding ortho intramolecular Hbond substituents is 2. The molecule has 0 aliphatic rings. The molecule has 0 spiro atoms. The first kappa shape index (κ1) is 21.0. The van der Waals surface area contributed by atoms with E-state index in [2.05, 4.69) is 20.4 Å². The second kappa shape index (κ2) is 8.21. The summed E-state index contributed by atoms with van der Waals surface area (Å²) < 4.78 is 1.34. The summed E-state index contributed by atoms with van der Waals surface area (Å²) in [5, 5.41) is 26.6. The summed E-state index contributed by atoms with van der Waals surface area (Å²) in [4.78, 5) is 22.6. The number of para-hydroxylation sites is 2. The molecule has 0 saturated carbocycles. The molecule has 0 atom stereocenters. The molecular formula is C25H20N6O3. The van der Waals surface area contributed by atoms with Crippen molar-refractivity contribution in [2.24, 2.45) is 5.10 Å². The van der Waals surface area contributed by atoms with E-state index >= 15 is 0 Å². The lowest BCUT2D eigenvalue weighted by Crippen LogP contribution is -2.14.